The fraction of sp³-hybridized carbons (Fsp3) is 0.500. The van der Waals surface area contributed by atoms with E-state index in [0.29, 0.717) is 42.2 Å². The Bertz CT molecular complexity index is 900. The third kappa shape index (κ3) is 7.00. The standard InChI is InChI=1S/C20H26ClN5O2S.C2H6/c1-3-13(12-27)8-9-22-18-16(17(21)25-20(26-18)23-10-11-28-2)19-24-14-6-4-5-7-15(14)29-19;1-2/h4-7,13,27H,3,8-12H2,1-2H3,(H2,22,23,25,26);1-2H3. The fourth-order valence-corrected chi connectivity index (χ4v) is 4.22. The van der Waals surface area contributed by atoms with Crippen LogP contribution in [0, 0.1) is 5.92 Å². The van der Waals surface area contributed by atoms with Crippen molar-refractivity contribution in [3.05, 3.63) is 29.4 Å². The molecular formula is C22H32ClN5O2S. The summed E-state index contributed by atoms with van der Waals surface area (Å²) in [4.78, 5) is 13.8. The summed E-state index contributed by atoms with van der Waals surface area (Å²) in [5.41, 5.74) is 1.62. The van der Waals surface area contributed by atoms with Gasteiger partial charge in [-0.15, -0.1) is 11.3 Å². The molecule has 0 radical (unpaired) electrons. The molecule has 0 saturated heterocycles. The van der Waals surface area contributed by atoms with Crippen molar-refractivity contribution in [2.45, 2.75) is 33.6 Å². The van der Waals surface area contributed by atoms with Crippen molar-refractivity contribution in [2.24, 2.45) is 5.92 Å². The molecule has 7 nitrogen and oxygen atoms in total. The summed E-state index contributed by atoms with van der Waals surface area (Å²) in [5.74, 6) is 1.33. The first-order chi connectivity index (χ1) is 15.2. The number of fused-ring (bicyclic) bond motifs is 1. The number of anilines is 2. The van der Waals surface area contributed by atoms with Gasteiger partial charge in [0.25, 0.3) is 0 Å². The number of aromatic nitrogens is 3. The Labute approximate surface area is 193 Å². The van der Waals surface area contributed by atoms with Crippen molar-refractivity contribution in [2.75, 3.05) is 44.0 Å². The van der Waals surface area contributed by atoms with Crippen molar-refractivity contribution in [3.63, 3.8) is 0 Å². The van der Waals surface area contributed by atoms with Crippen LogP contribution in [0.4, 0.5) is 11.8 Å². The zero-order valence-corrected chi connectivity index (χ0v) is 20.2. The largest absolute Gasteiger partial charge is 0.396 e. The van der Waals surface area contributed by atoms with E-state index in [1.807, 2.05) is 38.1 Å². The van der Waals surface area contributed by atoms with E-state index in [1.165, 1.54) is 0 Å². The van der Waals surface area contributed by atoms with Crippen LogP contribution in [-0.2, 0) is 4.74 Å². The van der Waals surface area contributed by atoms with Crippen LogP contribution in [0.2, 0.25) is 5.15 Å². The lowest BCUT2D eigenvalue weighted by Crippen LogP contribution is -2.15. The van der Waals surface area contributed by atoms with Crippen molar-refractivity contribution >= 4 is 44.9 Å². The number of rotatable bonds is 11. The molecule has 0 aliphatic carbocycles. The Hall–Kier alpha value is -2.00. The second-order valence-corrected chi connectivity index (χ2v) is 8.03. The zero-order valence-electron chi connectivity index (χ0n) is 18.6. The third-order valence-corrected chi connectivity index (χ3v) is 5.97. The Morgan fingerprint density at radius 2 is 1.90 bits per heavy atom. The van der Waals surface area contributed by atoms with Crippen LogP contribution in [0.3, 0.4) is 0 Å². The topological polar surface area (TPSA) is 92.2 Å². The summed E-state index contributed by atoms with van der Waals surface area (Å²) in [7, 11) is 1.64. The van der Waals surface area contributed by atoms with Gasteiger partial charge in [-0.25, -0.2) is 9.97 Å². The Balaban J connectivity index is 0.00000166. The number of nitrogens with zero attached hydrogens (tertiary/aromatic N) is 3. The molecule has 3 N–H and O–H groups in total. The van der Waals surface area contributed by atoms with Gasteiger partial charge in [0.2, 0.25) is 5.95 Å². The van der Waals surface area contributed by atoms with Gasteiger partial charge in [0.1, 0.15) is 16.0 Å². The predicted molar refractivity (Wildman–Crippen MR) is 131 cm³/mol. The summed E-state index contributed by atoms with van der Waals surface area (Å²) in [5, 5.41) is 17.1. The first kappa shape index (κ1) is 25.3. The number of halogens is 1. The van der Waals surface area contributed by atoms with Gasteiger partial charge < -0.3 is 20.5 Å². The molecule has 0 aliphatic heterocycles. The normalized spacial score (nSPS) is 11.7. The molecular weight excluding hydrogens is 434 g/mol. The molecule has 1 unspecified atom stereocenters. The lowest BCUT2D eigenvalue weighted by molar-refractivity contribution is 0.210. The lowest BCUT2D eigenvalue weighted by Gasteiger charge is -2.15. The fourth-order valence-electron chi connectivity index (χ4n) is 2.89. The number of thiazole rings is 1. The maximum atomic E-state index is 9.44. The highest BCUT2D eigenvalue weighted by Crippen LogP contribution is 2.38. The second-order valence-electron chi connectivity index (χ2n) is 6.64. The molecule has 0 amide bonds. The molecule has 2 aromatic heterocycles. The van der Waals surface area contributed by atoms with E-state index in [0.717, 1.165) is 28.1 Å². The summed E-state index contributed by atoms with van der Waals surface area (Å²) in [6.07, 6.45) is 1.76. The Kier molecular flexibility index (Phi) is 10.9. The number of nitrogens with one attached hydrogen (secondary N) is 2. The van der Waals surface area contributed by atoms with Crippen LogP contribution >= 0.6 is 22.9 Å². The minimum Gasteiger partial charge on any atom is -0.396 e. The van der Waals surface area contributed by atoms with E-state index in [1.54, 1.807) is 18.4 Å². The average Bonchev–Trinajstić information content (AvgIpc) is 3.21. The molecule has 2 heterocycles. The van der Waals surface area contributed by atoms with Crippen LogP contribution < -0.4 is 10.6 Å². The molecule has 170 valence electrons. The monoisotopic (exact) mass is 465 g/mol. The lowest BCUT2D eigenvalue weighted by atomic mass is 10.0. The SMILES string of the molecule is CC.CCC(CO)CCNc1nc(NCCOC)nc(Cl)c1-c1nc2ccccc2s1. The minimum absolute atomic E-state index is 0.178. The van der Waals surface area contributed by atoms with Crippen LogP contribution in [0.15, 0.2) is 24.3 Å². The van der Waals surface area contributed by atoms with E-state index >= 15 is 0 Å². The minimum atomic E-state index is 0.178. The molecule has 3 aromatic rings. The molecule has 0 saturated carbocycles. The molecule has 3 rings (SSSR count). The number of aliphatic hydroxyl groups is 1. The van der Waals surface area contributed by atoms with Crippen molar-refractivity contribution in [1.29, 1.82) is 0 Å². The highest BCUT2D eigenvalue weighted by molar-refractivity contribution is 7.21. The zero-order chi connectivity index (χ0) is 22.6. The number of para-hydroxylation sites is 1. The molecule has 31 heavy (non-hydrogen) atoms. The maximum Gasteiger partial charge on any atom is 0.226 e. The summed E-state index contributed by atoms with van der Waals surface area (Å²) in [6.45, 7) is 8.04. The number of benzene rings is 1. The van der Waals surface area contributed by atoms with Crippen molar-refractivity contribution in [1.82, 2.24) is 15.0 Å². The van der Waals surface area contributed by atoms with Gasteiger partial charge in [0.05, 0.1) is 22.4 Å². The molecule has 0 aliphatic rings. The highest BCUT2D eigenvalue weighted by atomic mass is 35.5. The van der Waals surface area contributed by atoms with Gasteiger partial charge in [0, 0.05) is 26.8 Å². The number of hydrogen-bond donors (Lipinski definition) is 3. The highest BCUT2D eigenvalue weighted by Gasteiger charge is 2.19. The Morgan fingerprint density at radius 1 is 1.13 bits per heavy atom. The third-order valence-electron chi connectivity index (χ3n) is 4.64. The van der Waals surface area contributed by atoms with Gasteiger partial charge in [-0.05, 0) is 24.5 Å². The van der Waals surface area contributed by atoms with Crippen LogP contribution in [0.5, 0.6) is 0 Å². The predicted octanol–water partition coefficient (Wildman–Crippen LogP) is 5.31. The summed E-state index contributed by atoms with van der Waals surface area (Å²) in [6, 6.07) is 7.97. The average molecular weight is 466 g/mol. The van der Waals surface area contributed by atoms with Gasteiger partial charge in [-0.3, -0.25) is 0 Å². The summed E-state index contributed by atoms with van der Waals surface area (Å²) >= 11 is 8.13. The quantitative estimate of drug-likeness (QED) is 0.261. The molecule has 0 fully saturated rings. The number of ether oxygens (including phenoxy) is 1. The van der Waals surface area contributed by atoms with E-state index in [2.05, 4.69) is 27.5 Å². The van der Waals surface area contributed by atoms with Crippen LogP contribution in [-0.4, -0.2) is 53.5 Å². The molecule has 0 bridgehead atoms. The van der Waals surface area contributed by atoms with Crippen LogP contribution in [0.25, 0.3) is 20.8 Å². The van der Waals surface area contributed by atoms with Gasteiger partial charge in [0.15, 0.2) is 0 Å². The van der Waals surface area contributed by atoms with Crippen LogP contribution in [0.1, 0.15) is 33.6 Å². The van der Waals surface area contributed by atoms with E-state index in [4.69, 9.17) is 21.3 Å². The maximum absolute atomic E-state index is 9.44. The summed E-state index contributed by atoms with van der Waals surface area (Å²) < 4.78 is 6.15. The second kappa shape index (κ2) is 13.4. The van der Waals surface area contributed by atoms with Crippen molar-refractivity contribution < 1.29 is 9.84 Å². The number of aliphatic hydroxyl groups excluding tert-OH is 1. The first-order valence-electron chi connectivity index (χ1n) is 10.7. The Morgan fingerprint density at radius 3 is 2.58 bits per heavy atom. The van der Waals surface area contributed by atoms with Gasteiger partial charge >= 0.3 is 0 Å². The van der Waals surface area contributed by atoms with Gasteiger partial charge in [-0.1, -0.05) is 50.9 Å². The number of methoxy groups -OCH3 is 1. The first-order valence-corrected chi connectivity index (χ1v) is 11.9. The van der Waals surface area contributed by atoms with Gasteiger partial charge in [-0.2, -0.15) is 4.98 Å². The van der Waals surface area contributed by atoms with Crippen molar-refractivity contribution in [3.8, 4) is 10.6 Å². The van der Waals surface area contributed by atoms with E-state index in [9.17, 15) is 5.11 Å². The molecule has 9 heteroatoms. The smallest absolute Gasteiger partial charge is 0.226 e. The molecule has 1 aromatic carbocycles. The van der Waals surface area contributed by atoms with E-state index < -0.39 is 0 Å². The molecule has 0 spiro atoms. The molecule has 1 atom stereocenters. The number of hydrogen-bond acceptors (Lipinski definition) is 8. The van der Waals surface area contributed by atoms with E-state index in [-0.39, 0.29) is 12.5 Å².